The van der Waals surface area contributed by atoms with Crippen LogP contribution < -0.4 is 4.72 Å². The summed E-state index contributed by atoms with van der Waals surface area (Å²) in [6.45, 7) is 5.01. The Kier molecular flexibility index (Phi) is 4.69. The molecule has 8 nitrogen and oxygen atoms in total. The number of hydrogen-bond acceptors (Lipinski definition) is 7. The Hall–Kier alpha value is -1.00. The highest BCUT2D eigenvalue weighted by Crippen LogP contribution is 2.22. The SMILES string of the molecule is CCS(=O)(=O)N[C@H](c1nnc(S(C)(=O)=O)o1)C(C)C. The van der Waals surface area contributed by atoms with Gasteiger partial charge >= 0.3 is 5.22 Å². The lowest BCUT2D eigenvalue weighted by Gasteiger charge is -2.17. The molecule has 110 valence electrons. The number of rotatable bonds is 6. The van der Waals surface area contributed by atoms with Gasteiger partial charge in [-0.25, -0.2) is 21.6 Å². The molecular weight excluding hydrogens is 294 g/mol. The Balaban J connectivity index is 3.11. The van der Waals surface area contributed by atoms with E-state index in [1.165, 1.54) is 6.92 Å². The van der Waals surface area contributed by atoms with Crippen LogP contribution in [0.4, 0.5) is 0 Å². The van der Waals surface area contributed by atoms with Gasteiger partial charge in [-0.05, 0) is 12.8 Å². The summed E-state index contributed by atoms with van der Waals surface area (Å²) in [5.41, 5.74) is 0. The molecule has 0 aromatic carbocycles. The van der Waals surface area contributed by atoms with Crippen LogP contribution in [0.5, 0.6) is 0 Å². The van der Waals surface area contributed by atoms with Gasteiger partial charge in [0.1, 0.15) is 6.04 Å². The van der Waals surface area contributed by atoms with Crippen molar-refractivity contribution in [1.82, 2.24) is 14.9 Å². The summed E-state index contributed by atoms with van der Waals surface area (Å²) in [7, 11) is -7.07. The first kappa shape index (κ1) is 16.1. The number of sulfonamides is 1. The van der Waals surface area contributed by atoms with Crippen molar-refractivity contribution >= 4 is 19.9 Å². The maximum atomic E-state index is 11.6. The van der Waals surface area contributed by atoms with Gasteiger partial charge in [0, 0.05) is 6.26 Å². The van der Waals surface area contributed by atoms with Gasteiger partial charge < -0.3 is 4.42 Å². The minimum Gasteiger partial charge on any atom is -0.411 e. The molecule has 0 aliphatic heterocycles. The van der Waals surface area contributed by atoms with Crippen LogP contribution >= 0.6 is 0 Å². The Labute approximate surface area is 112 Å². The van der Waals surface area contributed by atoms with E-state index < -0.39 is 31.1 Å². The highest BCUT2D eigenvalue weighted by Gasteiger charge is 2.28. The zero-order valence-electron chi connectivity index (χ0n) is 11.1. The molecule has 0 aliphatic carbocycles. The molecule has 1 aromatic rings. The first-order valence-electron chi connectivity index (χ1n) is 5.60. The molecule has 1 N–H and O–H groups in total. The maximum Gasteiger partial charge on any atom is 0.335 e. The molecule has 0 spiro atoms. The Morgan fingerprint density at radius 3 is 2.16 bits per heavy atom. The van der Waals surface area contributed by atoms with E-state index in [4.69, 9.17) is 4.42 Å². The molecule has 0 amide bonds. The zero-order valence-corrected chi connectivity index (χ0v) is 12.7. The largest absolute Gasteiger partial charge is 0.411 e. The smallest absolute Gasteiger partial charge is 0.335 e. The van der Waals surface area contributed by atoms with Gasteiger partial charge in [-0.3, -0.25) is 0 Å². The fourth-order valence-corrected chi connectivity index (χ4v) is 2.60. The predicted octanol–water partition coefficient (Wildman–Crippen LogP) is 0.109. The van der Waals surface area contributed by atoms with Crippen LogP contribution in [0.3, 0.4) is 0 Å². The summed E-state index contributed by atoms with van der Waals surface area (Å²) in [6, 6.07) is -0.757. The number of hydrogen-bond donors (Lipinski definition) is 1. The minimum absolute atomic E-state index is 0.0625. The van der Waals surface area contributed by atoms with Crippen LogP contribution in [-0.4, -0.2) is 39.0 Å². The molecule has 1 aromatic heterocycles. The third-order valence-electron chi connectivity index (χ3n) is 2.36. The molecular formula is C9H17N3O5S2. The van der Waals surface area contributed by atoms with Crippen molar-refractivity contribution < 1.29 is 21.3 Å². The van der Waals surface area contributed by atoms with Crippen molar-refractivity contribution in [2.45, 2.75) is 32.0 Å². The predicted molar refractivity (Wildman–Crippen MR) is 67.6 cm³/mol. The second-order valence-corrected chi connectivity index (χ2v) is 8.36. The lowest BCUT2D eigenvalue weighted by atomic mass is 10.1. The first-order chi connectivity index (χ1) is 8.57. The van der Waals surface area contributed by atoms with E-state index in [1.807, 2.05) is 0 Å². The molecule has 0 aliphatic rings. The normalized spacial score (nSPS) is 14.8. The molecule has 0 bridgehead atoms. The highest BCUT2D eigenvalue weighted by molar-refractivity contribution is 7.90. The van der Waals surface area contributed by atoms with Crippen LogP contribution in [0.25, 0.3) is 0 Å². The fraction of sp³-hybridized carbons (Fsp3) is 0.778. The molecule has 0 unspecified atom stereocenters. The zero-order chi connectivity index (χ0) is 14.8. The van der Waals surface area contributed by atoms with Gasteiger partial charge in [0.25, 0.3) is 0 Å². The monoisotopic (exact) mass is 311 g/mol. The van der Waals surface area contributed by atoms with Crippen molar-refractivity contribution in [3.8, 4) is 0 Å². The van der Waals surface area contributed by atoms with E-state index in [0.29, 0.717) is 0 Å². The van der Waals surface area contributed by atoms with Crippen molar-refractivity contribution in [3.05, 3.63) is 5.89 Å². The summed E-state index contributed by atoms with van der Waals surface area (Å²) >= 11 is 0. The third-order valence-corrected chi connectivity index (χ3v) is 4.53. The van der Waals surface area contributed by atoms with Crippen molar-refractivity contribution in [1.29, 1.82) is 0 Å². The lowest BCUT2D eigenvalue weighted by molar-refractivity contribution is 0.327. The van der Waals surface area contributed by atoms with Crippen molar-refractivity contribution in [3.63, 3.8) is 0 Å². The van der Waals surface area contributed by atoms with Gasteiger partial charge in [-0.1, -0.05) is 18.9 Å². The van der Waals surface area contributed by atoms with E-state index in [1.54, 1.807) is 13.8 Å². The summed E-state index contributed by atoms with van der Waals surface area (Å²) in [5, 5.41) is 6.48. The fourth-order valence-electron chi connectivity index (χ4n) is 1.24. The molecule has 19 heavy (non-hydrogen) atoms. The van der Waals surface area contributed by atoms with Crippen LogP contribution in [0, 0.1) is 5.92 Å². The number of nitrogens with zero attached hydrogens (tertiary/aromatic N) is 2. The molecule has 1 rings (SSSR count). The quantitative estimate of drug-likeness (QED) is 0.791. The molecule has 1 heterocycles. The van der Waals surface area contributed by atoms with Crippen molar-refractivity contribution in [2.75, 3.05) is 12.0 Å². The van der Waals surface area contributed by atoms with Gasteiger partial charge in [0.05, 0.1) is 5.75 Å². The second-order valence-electron chi connectivity index (χ2n) is 4.42. The summed E-state index contributed by atoms with van der Waals surface area (Å²) in [5.74, 6) is -0.329. The topological polar surface area (TPSA) is 119 Å². The van der Waals surface area contributed by atoms with Crippen molar-refractivity contribution in [2.24, 2.45) is 5.92 Å². The van der Waals surface area contributed by atoms with E-state index in [2.05, 4.69) is 14.9 Å². The van der Waals surface area contributed by atoms with Gasteiger partial charge in [0.2, 0.25) is 25.8 Å². The van der Waals surface area contributed by atoms with Crippen LogP contribution in [-0.2, 0) is 19.9 Å². The van der Waals surface area contributed by atoms with Gasteiger partial charge in [-0.2, -0.15) is 0 Å². The minimum atomic E-state index is -3.61. The van der Waals surface area contributed by atoms with Gasteiger partial charge in [0.15, 0.2) is 0 Å². The summed E-state index contributed by atoms with van der Waals surface area (Å²) < 4.78 is 53.1. The third kappa shape index (κ3) is 4.25. The average Bonchev–Trinajstić information content (AvgIpc) is 2.74. The molecule has 10 heteroatoms. The second kappa shape index (κ2) is 5.55. The molecule has 0 radical (unpaired) electrons. The molecule has 1 atom stereocenters. The number of aromatic nitrogens is 2. The molecule has 0 saturated heterocycles. The Morgan fingerprint density at radius 1 is 1.21 bits per heavy atom. The van der Waals surface area contributed by atoms with E-state index in [-0.39, 0.29) is 17.6 Å². The van der Waals surface area contributed by atoms with Crippen LogP contribution in [0.1, 0.15) is 32.7 Å². The number of sulfone groups is 1. The lowest BCUT2D eigenvalue weighted by Crippen LogP contribution is -2.33. The number of nitrogens with one attached hydrogen (secondary N) is 1. The first-order valence-corrected chi connectivity index (χ1v) is 9.14. The molecule has 0 fully saturated rings. The van der Waals surface area contributed by atoms with Gasteiger partial charge in [-0.15, -0.1) is 5.10 Å². The average molecular weight is 311 g/mol. The van der Waals surface area contributed by atoms with E-state index in [9.17, 15) is 16.8 Å². The van der Waals surface area contributed by atoms with Crippen LogP contribution in [0.2, 0.25) is 0 Å². The standard InChI is InChI=1S/C9H17N3O5S2/c1-5-19(15,16)12-7(6(2)3)8-10-11-9(17-8)18(4,13)14/h6-7,12H,5H2,1-4H3/t7-/m0/s1. The molecule has 0 saturated carbocycles. The van der Waals surface area contributed by atoms with E-state index in [0.717, 1.165) is 6.26 Å². The van der Waals surface area contributed by atoms with E-state index >= 15 is 0 Å². The summed E-state index contributed by atoms with van der Waals surface area (Å²) in [4.78, 5) is 0. The maximum absolute atomic E-state index is 11.6. The Morgan fingerprint density at radius 2 is 1.79 bits per heavy atom. The Bertz CT molecular complexity index is 633. The highest BCUT2D eigenvalue weighted by atomic mass is 32.2. The summed E-state index contributed by atoms with van der Waals surface area (Å²) in [6.07, 6.45) is 0.935. The van der Waals surface area contributed by atoms with Crippen LogP contribution in [0.15, 0.2) is 9.64 Å².